The van der Waals surface area contributed by atoms with Crippen molar-refractivity contribution in [1.82, 2.24) is 29.7 Å². The van der Waals surface area contributed by atoms with Crippen molar-refractivity contribution >= 4 is 5.91 Å². The predicted molar refractivity (Wildman–Crippen MR) is 102 cm³/mol. The molecule has 1 amide bonds. The first-order valence-electron chi connectivity index (χ1n) is 9.46. The summed E-state index contributed by atoms with van der Waals surface area (Å²) in [4.78, 5) is 14.9. The fraction of sp³-hybridized carbons (Fsp3) is 0.400. The van der Waals surface area contributed by atoms with E-state index in [2.05, 4.69) is 15.4 Å². The molecule has 0 aliphatic carbocycles. The van der Waals surface area contributed by atoms with Crippen molar-refractivity contribution in [3.05, 3.63) is 54.5 Å². The van der Waals surface area contributed by atoms with Gasteiger partial charge in [0.1, 0.15) is 5.69 Å². The molecule has 1 fully saturated rings. The molecule has 0 bridgehead atoms. The highest BCUT2D eigenvalue weighted by Crippen LogP contribution is 2.23. The molecule has 4 rings (SSSR count). The van der Waals surface area contributed by atoms with Gasteiger partial charge in [-0.3, -0.25) is 14.2 Å². The average Bonchev–Trinajstić information content (AvgIpc) is 3.36. The molecule has 1 aromatic carbocycles. The second-order valence-electron chi connectivity index (χ2n) is 7.07. The standard InChI is InChI=1S/C20H24N6O/c1-24-14-17(13-21-24)20(27)26-11-6-5-9-18(26)10-12-25-15-19(22-23-25)16-7-3-2-4-8-16/h2-4,7-8,13-15,18H,5-6,9-12H2,1H3. The molecule has 0 saturated carbocycles. The highest BCUT2D eigenvalue weighted by atomic mass is 16.2. The van der Waals surface area contributed by atoms with Gasteiger partial charge in [-0.25, -0.2) is 0 Å². The van der Waals surface area contributed by atoms with Gasteiger partial charge < -0.3 is 4.90 Å². The second kappa shape index (κ2) is 7.73. The van der Waals surface area contributed by atoms with Crippen molar-refractivity contribution in [2.45, 2.75) is 38.3 Å². The molecule has 0 N–H and O–H groups in total. The molecular weight excluding hydrogens is 340 g/mol. The van der Waals surface area contributed by atoms with Crippen molar-refractivity contribution in [3.8, 4) is 11.3 Å². The van der Waals surface area contributed by atoms with Gasteiger partial charge >= 0.3 is 0 Å². The molecule has 0 radical (unpaired) electrons. The normalized spacial score (nSPS) is 17.2. The number of carbonyl (C=O) groups excluding carboxylic acids is 1. The van der Waals surface area contributed by atoms with E-state index in [0.717, 1.165) is 50.0 Å². The van der Waals surface area contributed by atoms with Crippen LogP contribution in [0.25, 0.3) is 11.3 Å². The lowest BCUT2D eigenvalue weighted by molar-refractivity contribution is 0.0593. The Morgan fingerprint density at radius 3 is 2.81 bits per heavy atom. The first-order chi connectivity index (χ1) is 13.2. The van der Waals surface area contributed by atoms with Crippen LogP contribution in [0.1, 0.15) is 36.0 Å². The maximum Gasteiger partial charge on any atom is 0.257 e. The highest BCUT2D eigenvalue weighted by Gasteiger charge is 2.28. The predicted octanol–water partition coefficient (Wildman–Crippen LogP) is 2.76. The van der Waals surface area contributed by atoms with Gasteiger partial charge in [0.25, 0.3) is 5.91 Å². The number of nitrogens with zero attached hydrogens (tertiary/aromatic N) is 6. The summed E-state index contributed by atoms with van der Waals surface area (Å²) in [6.07, 6.45) is 9.55. The summed E-state index contributed by atoms with van der Waals surface area (Å²) in [5.74, 6) is 0.0800. The molecule has 3 heterocycles. The van der Waals surface area contributed by atoms with Gasteiger partial charge in [-0.15, -0.1) is 5.10 Å². The summed E-state index contributed by atoms with van der Waals surface area (Å²) < 4.78 is 3.55. The van der Waals surface area contributed by atoms with Crippen molar-refractivity contribution in [2.75, 3.05) is 6.54 Å². The van der Waals surface area contributed by atoms with Gasteiger partial charge in [0.05, 0.1) is 18.0 Å². The number of hydrogen-bond acceptors (Lipinski definition) is 4. The van der Waals surface area contributed by atoms with Crippen LogP contribution in [-0.4, -0.2) is 48.2 Å². The Labute approximate surface area is 158 Å². The molecule has 7 nitrogen and oxygen atoms in total. The third kappa shape index (κ3) is 3.92. The fourth-order valence-electron chi connectivity index (χ4n) is 3.70. The van der Waals surface area contributed by atoms with E-state index in [-0.39, 0.29) is 11.9 Å². The van der Waals surface area contributed by atoms with Crippen molar-refractivity contribution in [3.63, 3.8) is 0 Å². The average molecular weight is 364 g/mol. The van der Waals surface area contributed by atoms with Crippen LogP contribution in [-0.2, 0) is 13.6 Å². The lowest BCUT2D eigenvalue weighted by atomic mass is 9.98. The summed E-state index contributed by atoms with van der Waals surface area (Å²) >= 11 is 0. The lowest BCUT2D eigenvalue weighted by Crippen LogP contribution is -2.44. The number of likely N-dealkylation sites (tertiary alicyclic amines) is 1. The Morgan fingerprint density at radius 2 is 2.04 bits per heavy atom. The van der Waals surface area contributed by atoms with Crippen LogP contribution >= 0.6 is 0 Å². The molecule has 1 atom stereocenters. The highest BCUT2D eigenvalue weighted by molar-refractivity contribution is 5.94. The lowest BCUT2D eigenvalue weighted by Gasteiger charge is -2.35. The maximum absolute atomic E-state index is 12.9. The first kappa shape index (κ1) is 17.5. The summed E-state index contributed by atoms with van der Waals surface area (Å²) in [5.41, 5.74) is 2.61. The van der Waals surface area contributed by atoms with E-state index in [1.807, 2.05) is 53.2 Å². The van der Waals surface area contributed by atoms with Gasteiger partial charge in [0.15, 0.2) is 0 Å². The molecule has 1 saturated heterocycles. The SMILES string of the molecule is Cn1cc(C(=O)N2CCCCC2CCn2cc(-c3ccccc3)nn2)cn1. The number of aryl methyl sites for hydroxylation is 2. The largest absolute Gasteiger partial charge is 0.335 e. The Kier molecular flexibility index (Phi) is 5.00. The van der Waals surface area contributed by atoms with Gasteiger partial charge in [-0.2, -0.15) is 5.10 Å². The van der Waals surface area contributed by atoms with Crippen LogP contribution in [0.15, 0.2) is 48.9 Å². The number of carbonyl (C=O) groups is 1. The van der Waals surface area contributed by atoms with Crippen LogP contribution in [0.2, 0.25) is 0 Å². The minimum absolute atomic E-state index is 0.0800. The Morgan fingerprint density at radius 1 is 1.19 bits per heavy atom. The smallest absolute Gasteiger partial charge is 0.257 e. The van der Waals surface area contributed by atoms with E-state index in [1.165, 1.54) is 0 Å². The van der Waals surface area contributed by atoms with Crippen LogP contribution in [0.5, 0.6) is 0 Å². The molecule has 3 aromatic rings. The number of rotatable bonds is 5. The second-order valence-corrected chi connectivity index (χ2v) is 7.07. The zero-order chi connectivity index (χ0) is 18.6. The quantitative estimate of drug-likeness (QED) is 0.698. The molecule has 27 heavy (non-hydrogen) atoms. The fourth-order valence-corrected chi connectivity index (χ4v) is 3.70. The first-order valence-corrected chi connectivity index (χ1v) is 9.46. The molecular formula is C20H24N6O. The van der Waals surface area contributed by atoms with Crippen molar-refractivity contribution in [1.29, 1.82) is 0 Å². The molecule has 1 aliphatic rings. The van der Waals surface area contributed by atoms with Gasteiger partial charge in [-0.1, -0.05) is 35.5 Å². The van der Waals surface area contributed by atoms with Crippen molar-refractivity contribution in [2.24, 2.45) is 7.05 Å². The van der Waals surface area contributed by atoms with Crippen LogP contribution < -0.4 is 0 Å². The van der Waals surface area contributed by atoms with Gasteiger partial charge in [0.2, 0.25) is 0 Å². The summed E-state index contributed by atoms with van der Waals surface area (Å²) in [6.45, 7) is 1.56. The van der Waals surface area contributed by atoms with E-state index in [4.69, 9.17) is 0 Å². The number of hydrogen-bond donors (Lipinski definition) is 0. The molecule has 0 spiro atoms. The summed E-state index contributed by atoms with van der Waals surface area (Å²) in [7, 11) is 1.83. The Hall–Kier alpha value is -2.96. The third-order valence-electron chi connectivity index (χ3n) is 5.14. The minimum atomic E-state index is 0.0800. The maximum atomic E-state index is 12.9. The van der Waals surface area contributed by atoms with E-state index in [0.29, 0.717) is 5.56 Å². The van der Waals surface area contributed by atoms with E-state index >= 15 is 0 Å². The molecule has 2 aromatic heterocycles. The van der Waals surface area contributed by atoms with E-state index in [9.17, 15) is 4.79 Å². The topological polar surface area (TPSA) is 68.8 Å². The molecule has 1 aliphatic heterocycles. The Bertz CT molecular complexity index is 900. The zero-order valence-electron chi connectivity index (χ0n) is 15.5. The molecule has 1 unspecified atom stereocenters. The van der Waals surface area contributed by atoms with Crippen LogP contribution in [0, 0.1) is 0 Å². The Balaban J connectivity index is 1.42. The number of aromatic nitrogens is 5. The van der Waals surface area contributed by atoms with E-state index < -0.39 is 0 Å². The summed E-state index contributed by atoms with van der Waals surface area (Å²) in [5, 5.41) is 12.7. The van der Waals surface area contributed by atoms with E-state index in [1.54, 1.807) is 17.1 Å². The number of amides is 1. The van der Waals surface area contributed by atoms with Gasteiger partial charge in [-0.05, 0) is 25.7 Å². The third-order valence-corrected chi connectivity index (χ3v) is 5.14. The van der Waals surface area contributed by atoms with Crippen LogP contribution in [0.3, 0.4) is 0 Å². The number of benzene rings is 1. The van der Waals surface area contributed by atoms with Gasteiger partial charge in [0, 0.05) is 37.9 Å². The van der Waals surface area contributed by atoms with Crippen LogP contribution in [0.4, 0.5) is 0 Å². The van der Waals surface area contributed by atoms with Crippen molar-refractivity contribution < 1.29 is 4.79 Å². The monoisotopic (exact) mass is 364 g/mol. The number of piperidine rings is 1. The molecule has 140 valence electrons. The minimum Gasteiger partial charge on any atom is -0.335 e. The molecule has 7 heteroatoms. The zero-order valence-corrected chi connectivity index (χ0v) is 15.5. The summed E-state index contributed by atoms with van der Waals surface area (Å²) in [6, 6.07) is 10.3.